The summed E-state index contributed by atoms with van der Waals surface area (Å²) in [5.41, 5.74) is 1.55. The van der Waals surface area contributed by atoms with Crippen molar-refractivity contribution in [1.29, 1.82) is 0 Å². The Morgan fingerprint density at radius 3 is 2.41 bits per heavy atom. The van der Waals surface area contributed by atoms with Crippen molar-refractivity contribution >= 4 is 21.6 Å². The Balaban J connectivity index is 1.84. The lowest BCUT2D eigenvalue weighted by molar-refractivity contribution is 0.0303. The number of anilines is 1. The third-order valence-electron chi connectivity index (χ3n) is 4.40. The van der Waals surface area contributed by atoms with Gasteiger partial charge in [0.25, 0.3) is 15.9 Å². The summed E-state index contributed by atoms with van der Waals surface area (Å²) in [7, 11) is -2.26. The van der Waals surface area contributed by atoms with Crippen LogP contribution in [-0.4, -0.2) is 52.6 Å². The van der Waals surface area contributed by atoms with Gasteiger partial charge in [0.2, 0.25) is 0 Å². The zero-order chi connectivity index (χ0) is 19.4. The highest BCUT2D eigenvalue weighted by atomic mass is 32.2. The Hall–Kier alpha value is -2.58. The van der Waals surface area contributed by atoms with E-state index in [1.807, 2.05) is 0 Å². The molecule has 3 rings (SSSR count). The number of benzene rings is 2. The molecular formula is C19H22N2O5S. The molecule has 7 nitrogen and oxygen atoms in total. The van der Waals surface area contributed by atoms with Crippen LogP contribution in [0.25, 0.3) is 0 Å². The molecule has 27 heavy (non-hydrogen) atoms. The van der Waals surface area contributed by atoms with Gasteiger partial charge in [-0.25, -0.2) is 8.42 Å². The van der Waals surface area contributed by atoms with Gasteiger partial charge in [-0.1, -0.05) is 6.07 Å². The number of amides is 1. The van der Waals surface area contributed by atoms with Gasteiger partial charge in [0.15, 0.2) is 0 Å². The molecule has 0 radical (unpaired) electrons. The zero-order valence-electron chi connectivity index (χ0n) is 15.3. The van der Waals surface area contributed by atoms with E-state index in [1.165, 1.54) is 19.2 Å². The Morgan fingerprint density at radius 1 is 1.11 bits per heavy atom. The van der Waals surface area contributed by atoms with Crippen LogP contribution in [0.3, 0.4) is 0 Å². The molecule has 0 bridgehead atoms. The Bertz CT molecular complexity index is 920. The lowest BCUT2D eigenvalue weighted by Crippen LogP contribution is -2.40. The summed E-state index contributed by atoms with van der Waals surface area (Å²) in [4.78, 5) is 14.5. The van der Waals surface area contributed by atoms with Crippen molar-refractivity contribution < 1.29 is 22.7 Å². The van der Waals surface area contributed by atoms with Crippen LogP contribution in [0.4, 0.5) is 5.69 Å². The molecule has 8 heteroatoms. The number of hydrogen-bond acceptors (Lipinski definition) is 5. The van der Waals surface area contributed by atoms with E-state index < -0.39 is 10.0 Å². The molecule has 0 unspecified atom stereocenters. The molecule has 1 aliphatic rings. The van der Waals surface area contributed by atoms with E-state index in [1.54, 1.807) is 42.2 Å². The van der Waals surface area contributed by atoms with Crippen LogP contribution >= 0.6 is 0 Å². The second kappa shape index (κ2) is 7.98. The highest BCUT2D eigenvalue weighted by Gasteiger charge is 2.21. The van der Waals surface area contributed by atoms with Gasteiger partial charge in [0.1, 0.15) is 5.75 Å². The summed E-state index contributed by atoms with van der Waals surface area (Å²) < 4.78 is 38.2. The number of methoxy groups -OCH3 is 1. The Morgan fingerprint density at radius 2 is 1.78 bits per heavy atom. The van der Waals surface area contributed by atoms with Gasteiger partial charge in [-0.2, -0.15) is 0 Å². The smallest absolute Gasteiger partial charge is 0.261 e. The molecule has 1 heterocycles. The van der Waals surface area contributed by atoms with Crippen LogP contribution in [0.2, 0.25) is 0 Å². The number of morpholine rings is 1. The second-order valence-corrected chi connectivity index (χ2v) is 7.90. The molecule has 144 valence electrons. The molecule has 0 spiro atoms. The first-order valence-corrected chi connectivity index (χ1v) is 10.0. The zero-order valence-corrected chi connectivity index (χ0v) is 16.1. The van der Waals surface area contributed by atoms with Crippen molar-refractivity contribution in [3.8, 4) is 5.75 Å². The van der Waals surface area contributed by atoms with Crippen LogP contribution < -0.4 is 9.46 Å². The minimum absolute atomic E-state index is 0.118. The predicted molar refractivity (Wildman–Crippen MR) is 102 cm³/mol. The summed E-state index contributed by atoms with van der Waals surface area (Å²) in [6, 6.07) is 11.1. The second-order valence-electron chi connectivity index (χ2n) is 6.22. The van der Waals surface area contributed by atoms with E-state index in [2.05, 4.69) is 4.72 Å². The van der Waals surface area contributed by atoms with Gasteiger partial charge in [-0.3, -0.25) is 9.52 Å². The molecule has 0 atom stereocenters. The first kappa shape index (κ1) is 19.2. The van der Waals surface area contributed by atoms with Crippen LogP contribution in [0, 0.1) is 6.92 Å². The van der Waals surface area contributed by atoms with Gasteiger partial charge in [-0.05, 0) is 48.9 Å². The molecule has 1 N–H and O–H groups in total. The normalized spacial score (nSPS) is 14.7. The van der Waals surface area contributed by atoms with E-state index in [0.717, 1.165) is 5.56 Å². The maximum atomic E-state index is 12.7. The molecular weight excluding hydrogens is 368 g/mol. The van der Waals surface area contributed by atoms with E-state index in [4.69, 9.17) is 9.47 Å². The number of carbonyl (C=O) groups is 1. The highest BCUT2D eigenvalue weighted by molar-refractivity contribution is 7.92. The number of aryl methyl sites for hydroxylation is 1. The number of sulfonamides is 1. The Kier molecular flexibility index (Phi) is 5.67. The third kappa shape index (κ3) is 4.40. The number of ether oxygens (including phenoxy) is 2. The Labute approximate surface area is 158 Å². The summed E-state index contributed by atoms with van der Waals surface area (Å²) in [5.74, 6) is 0.437. The molecule has 2 aromatic carbocycles. The van der Waals surface area contributed by atoms with Crippen molar-refractivity contribution in [1.82, 2.24) is 4.90 Å². The minimum atomic E-state index is -3.78. The van der Waals surface area contributed by atoms with Crippen molar-refractivity contribution in [2.24, 2.45) is 0 Å². The molecule has 1 amide bonds. The minimum Gasteiger partial charge on any atom is -0.497 e. The van der Waals surface area contributed by atoms with Crippen LogP contribution in [0.1, 0.15) is 15.9 Å². The number of rotatable bonds is 5. The van der Waals surface area contributed by atoms with Crippen molar-refractivity contribution in [2.45, 2.75) is 11.8 Å². The summed E-state index contributed by atoms with van der Waals surface area (Å²) in [5, 5.41) is 0. The largest absolute Gasteiger partial charge is 0.497 e. The maximum absolute atomic E-state index is 12.7. The maximum Gasteiger partial charge on any atom is 0.261 e. The molecule has 1 saturated heterocycles. The fraction of sp³-hybridized carbons (Fsp3) is 0.316. The standard InChI is InChI=1S/C19H22N2O5S/c1-14-3-4-15(19(22)21-9-11-26-12-10-21)13-18(14)20-27(23,24)17-7-5-16(25-2)6-8-17/h3-8,13,20H,9-12H2,1-2H3. The number of carbonyl (C=O) groups excluding carboxylic acids is 1. The monoisotopic (exact) mass is 390 g/mol. The fourth-order valence-electron chi connectivity index (χ4n) is 2.77. The quantitative estimate of drug-likeness (QED) is 0.847. The molecule has 0 aliphatic carbocycles. The molecule has 0 aromatic heterocycles. The van der Waals surface area contributed by atoms with Crippen molar-refractivity contribution in [3.63, 3.8) is 0 Å². The van der Waals surface area contributed by atoms with Gasteiger partial charge in [0.05, 0.1) is 30.9 Å². The molecule has 1 aliphatic heterocycles. The topological polar surface area (TPSA) is 84.9 Å². The van der Waals surface area contributed by atoms with Gasteiger partial charge in [-0.15, -0.1) is 0 Å². The number of nitrogens with zero attached hydrogens (tertiary/aromatic N) is 1. The average molecular weight is 390 g/mol. The van der Waals surface area contributed by atoms with E-state index >= 15 is 0 Å². The summed E-state index contributed by atoms with van der Waals surface area (Å²) in [6.07, 6.45) is 0. The highest BCUT2D eigenvalue weighted by Crippen LogP contribution is 2.23. The van der Waals surface area contributed by atoms with E-state index in [9.17, 15) is 13.2 Å². The van der Waals surface area contributed by atoms with Gasteiger partial charge < -0.3 is 14.4 Å². The number of nitrogens with one attached hydrogen (secondary N) is 1. The lowest BCUT2D eigenvalue weighted by Gasteiger charge is -2.27. The fourth-order valence-corrected chi connectivity index (χ4v) is 3.89. The van der Waals surface area contributed by atoms with Crippen LogP contribution in [-0.2, 0) is 14.8 Å². The average Bonchev–Trinajstić information content (AvgIpc) is 2.69. The van der Waals surface area contributed by atoms with Gasteiger partial charge >= 0.3 is 0 Å². The van der Waals surface area contributed by atoms with Crippen LogP contribution in [0.5, 0.6) is 5.75 Å². The summed E-state index contributed by atoms with van der Waals surface area (Å²) in [6.45, 7) is 3.86. The van der Waals surface area contributed by atoms with Crippen LogP contribution in [0.15, 0.2) is 47.4 Å². The summed E-state index contributed by atoms with van der Waals surface area (Å²) >= 11 is 0. The molecule has 2 aromatic rings. The first-order chi connectivity index (χ1) is 12.9. The van der Waals surface area contributed by atoms with Crippen molar-refractivity contribution in [2.75, 3.05) is 38.1 Å². The van der Waals surface area contributed by atoms with Crippen molar-refractivity contribution in [3.05, 3.63) is 53.6 Å². The number of hydrogen-bond donors (Lipinski definition) is 1. The van der Waals surface area contributed by atoms with E-state index in [-0.39, 0.29) is 10.8 Å². The molecule has 1 fully saturated rings. The SMILES string of the molecule is COc1ccc(S(=O)(=O)Nc2cc(C(=O)N3CCOCC3)ccc2C)cc1. The molecule has 0 saturated carbocycles. The first-order valence-electron chi connectivity index (χ1n) is 8.55. The lowest BCUT2D eigenvalue weighted by atomic mass is 10.1. The third-order valence-corrected chi connectivity index (χ3v) is 5.78. The predicted octanol–water partition coefficient (Wildman–Crippen LogP) is 2.28. The van der Waals surface area contributed by atoms with Gasteiger partial charge in [0, 0.05) is 18.7 Å². The van der Waals surface area contributed by atoms with E-state index in [0.29, 0.717) is 43.3 Å².